The lowest BCUT2D eigenvalue weighted by Crippen LogP contribution is -2.64. The smallest absolute Gasteiger partial charge is 0.496 e. The van der Waals surface area contributed by atoms with Gasteiger partial charge in [0.2, 0.25) is 0 Å². The molecule has 4 heterocycles. The zero-order valence-electron chi connectivity index (χ0n) is 23.0. The minimum Gasteiger partial charge on any atom is -0.496 e. The highest BCUT2D eigenvalue weighted by Gasteiger charge is 2.48. The summed E-state index contributed by atoms with van der Waals surface area (Å²) in [7, 11) is 1.38. The Morgan fingerprint density at radius 2 is 1.80 bits per heavy atom. The van der Waals surface area contributed by atoms with E-state index in [-0.39, 0.29) is 45.9 Å². The van der Waals surface area contributed by atoms with E-state index in [1.807, 2.05) is 0 Å². The highest BCUT2D eigenvalue weighted by Crippen LogP contribution is 2.47. The van der Waals surface area contributed by atoms with Gasteiger partial charge >= 0.3 is 12.5 Å². The summed E-state index contributed by atoms with van der Waals surface area (Å²) in [6.45, 7) is 2.39. The number of thiazole rings is 1. The third-order valence-corrected chi connectivity index (χ3v) is 9.33. The van der Waals surface area contributed by atoms with E-state index in [2.05, 4.69) is 25.0 Å². The van der Waals surface area contributed by atoms with Crippen LogP contribution in [-0.4, -0.2) is 61.7 Å². The van der Waals surface area contributed by atoms with Gasteiger partial charge in [-0.05, 0) is 37.1 Å². The number of hydrogen-bond acceptors (Lipinski definition) is 9. The summed E-state index contributed by atoms with van der Waals surface area (Å²) in [6.07, 6.45) is -7.97. The predicted octanol–water partition coefficient (Wildman–Crippen LogP) is 5.44. The van der Waals surface area contributed by atoms with E-state index >= 15 is 0 Å². The lowest BCUT2D eigenvalue weighted by molar-refractivity contribution is -0.286. The van der Waals surface area contributed by atoms with Crippen LogP contribution in [0.1, 0.15) is 40.5 Å². The Bertz CT molecular complexity index is 1740. The molecule has 2 aromatic carbocycles. The van der Waals surface area contributed by atoms with E-state index < -0.39 is 48.1 Å². The number of allylic oxidation sites excluding steroid dienone is 2. The molecule has 2 amide bonds. The van der Waals surface area contributed by atoms with Crippen LogP contribution in [0.3, 0.4) is 0 Å². The number of hydrogen-bond donors (Lipinski definition) is 2. The Morgan fingerprint density at radius 1 is 1.09 bits per heavy atom. The Balaban J connectivity index is 1.23. The summed E-state index contributed by atoms with van der Waals surface area (Å²) in [4.78, 5) is 34.0. The van der Waals surface area contributed by atoms with Crippen LogP contribution < -0.4 is 29.7 Å². The number of aromatic nitrogens is 1. The first-order valence-corrected chi connectivity index (χ1v) is 14.3. The van der Waals surface area contributed by atoms with E-state index in [0.29, 0.717) is 28.6 Å². The number of nitrogens with one attached hydrogen (secondary N) is 2. The first-order valence-electron chi connectivity index (χ1n) is 13.5. The number of halogens is 5. The van der Waals surface area contributed by atoms with Crippen molar-refractivity contribution < 1.29 is 50.5 Å². The summed E-state index contributed by atoms with van der Waals surface area (Å²) >= 11 is 1.28. The van der Waals surface area contributed by atoms with Gasteiger partial charge in [-0.25, -0.2) is 4.98 Å². The molecule has 44 heavy (non-hydrogen) atoms. The molecule has 0 radical (unpaired) electrons. The molecule has 3 aromatic rings. The van der Waals surface area contributed by atoms with Gasteiger partial charge in [-0.1, -0.05) is 11.3 Å². The van der Waals surface area contributed by atoms with Crippen LogP contribution in [0.5, 0.6) is 17.2 Å². The van der Waals surface area contributed by atoms with Gasteiger partial charge in [0.15, 0.2) is 16.6 Å². The number of anilines is 2. The Labute approximate surface area is 249 Å². The van der Waals surface area contributed by atoms with E-state index in [9.17, 15) is 31.5 Å². The van der Waals surface area contributed by atoms with Crippen LogP contribution in [0.2, 0.25) is 0 Å². The summed E-state index contributed by atoms with van der Waals surface area (Å²) in [5.74, 6) is -4.12. The average Bonchev–Trinajstić information content (AvgIpc) is 3.51. The third kappa shape index (κ3) is 4.67. The SMILES string of the molecule is COc1ccc2nc(N3C4COCC3C4)sc2c1C(=O)Nc1cc2c(cc1C(=O)NC1=C(C)C(C(F)(F)F)C1)OC(F)(F)O2. The van der Waals surface area contributed by atoms with Crippen molar-refractivity contribution in [3.8, 4) is 17.2 Å². The lowest BCUT2D eigenvalue weighted by Gasteiger charge is -2.52. The topological polar surface area (TPSA) is 111 Å². The highest BCUT2D eigenvalue weighted by molar-refractivity contribution is 7.22. The molecule has 0 spiro atoms. The Hall–Kier alpha value is -4.18. The van der Waals surface area contributed by atoms with Crippen molar-refractivity contribution in [2.45, 2.75) is 44.3 Å². The second-order valence-corrected chi connectivity index (χ2v) is 11.8. The third-order valence-electron chi connectivity index (χ3n) is 8.23. The van der Waals surface area contributed by atoms with Crippen molar-refractivity contribution in [3.05, 3.63) is 46.7 Å². The molecule has 2 bridgehead atoms. The number of amides is 2. The molecule has 3 aliphatic heterocycles. The molecular formula is C28H23F5N4O6S. The van der Waals surface area contributed by atoms with Crippen molar-refractivity contribution in [2.75, 3.05) is 30.5 Å². The number of methoxy groups -OCH3 is 1. The van der Waals surface area contributed by atoms with Gasteiger partial charge in [0.1, 0.15) is 11.3 Å². The molecule has 1 aromatic heterocycles. The molecule has 1 aliphatic carbocycles. The average molecular weight is 639 g/mol. The Kier molecular flexibility index (Phi) is 6.44. The molecule has 2 saturated heterocycles. The number of rotatable bonds is 6. The summed E-state index contributed by atoms with van der Waals surface area (Å²) < 4.78 is 87.8. The fourth-order valence-electron chi connectivity index (χ4n) is 5.89. The standard InChI is InChI=1S/C28H23F5N4O6S/c1-11-15(27(29,30)31)7-17(11)34-24(38)14-6-20-21(43-28(32,33)42-20)8-18(14)35-25(39)22-19(40-2)4-3-16-23(22)44-26(36-16)37-12-5-13(37)10-41-9-12/h3-4,6,8,12-13,15H,5,7,9-10H2,1-2H3,(H,34,38)(H,35,39). The number of ether oxygens (including phenoxy) is 4. The number of nitrogens with zero attached hydrogens (tertiary/aromatic N) is 2. The molecule has 3 unspecified atom stereocenters. The predicted molar refractivity (Wildman–Crippen MR) is 147 cm³/mol. The van der Waals surface area contributed by atoms with Gasteiger partial charge < -0.3 is 34.5 Å². The molecule has 4 aliphatic rings. The quantitative estimate of drug-likeness (QED) is 0.344. The first-order chi connectivity index (χ1) is 20.8. The largest absolute Gasteiger partial charge is 0.586 e. The molecule has 2 N–H and O–H groups in total. The number of carbonyl (C=O) groups excluding carboxylic acids is 2. The minimum atomic E-state index is -4.47. The second-order valence-electron chi connectivity index (χ2n) is 10.9. The van der Waals surface area contributed by atoms with E-state index in [0.717, 1.165) is 18.6 Å². The summed E-state index contributed by atoms with van der Waals surface area (Å²) in [5.41, 5.74) is 0.0168. The maximum atomic E-state index is 13.9. The molecule has 16 heteroatoms. The molecule has 232 valence electrons. The van der Waals surface area contributed by atoms with Crippen LogP contribution in [0, 0.1) is 5.92 Å². The number of benzene rings is 2. The lowest BCUT2D eigenvalue weighted by atomic mass is 9.81. The maximum absolute atomic E-state index is 13.9. The zero-order chi connectivity index (χ0) is 31.1. The molecule has 10 nitrogen and oxygen atoms in total. The van der Waals surface area contributed by atoms with Crippen molar-refractivity contribution >= 4 is 44.2 Å². The van der Waals surface area contributed by atoms with Gasteiger partial charge in [-0.2, -0.15) is 13.2 Å². The van der Waals surface area contributed by atoms with Gasteiger partial charge in [0.25, 0.3) is 11.8 Å². The van der Waals surface area contributed by atoms with Crippen molar-refractivity contribution in [1.29, 1.82) is 0 Å². The number of carbonyl (C=O) groups is 2. The highest BCUT2D eigenvalue weighted by atomic mass is 32.1. The minimum absolute atomic E-state index is 0.0439. The maximum Gasteiger partial charge on any atom is 0.586 e. The van der Waals surface area contributed by atoms with E-state index in [4.69, 9.17) is 14.5 Å². The monoisotopic (exact) mass is 638 g/mol. The number of alkyl halides is 5. The van der Waals surface area contributed by atoms with Crippen LogP contribution >= 0.6 is 11.3 Å². The van der Waals surface area contributed by atoms with Gasteiger partial charge in [0, 0.05) is 18.2 Å². The molecule has 2 fully saturated rings. The van der Waals surface area contributed by atoms with Crippen molar-refractivity contribution in [3.63, 3.8) is 0 Å². The van der Waals surface area contributed by atoms with Gasteiger partial charge in [0.05, 0.1) is 59.8 Å². The van der Waals surface area contributed by atoms with Gasteiger partial charge in [-0.15, -0.1) is 8.78 Å². The number of morpholine rings is 1. The van der Waals surface area contributed by atoms with Crippen LogP contribution in [0.4, 0.5) is 32.8 Å². The molecule has 3 atom stereocenters. The second kappa shape index (κ2) is 9.92. The fourth-order valence-corrected chi connectivity index (χ4v) is 7.14. The van der Waals surface area contributed by atoms with E-state index in [1.54, 1.807) is 12.1 Å². The van der Waals surface area contributed by atoms with Crippen LogP contribution in [-0.2, 0) is 4.74 Å². The molecular weight excluding hydrogens is 615 g/mol. The fraction of sp³-hybridized carbons (Fsp3) is 0.393. The zero-order valence-corrected chi connectivity index (χ0v) is 23.8. The van der Waals surface area contributed by atoms with Crippen molar-refractivity contribution in [1.82, 2.24) is 10.3 Å². The van der Waals surface area contributed by atoms with Gasteiger partial charge in [-0.3, -0.25) is 9.59 Å². The summed E-state index contributed by atoms with van der Waals surface area (Å²) in [6, 6.07) is 5.57. The molecule has 0 saturated carbocycles. The Morgan fingerprint density at radius 3 is 2.43 bits per heavy atom. The first kappa shape index (κ1) is 28.6. The van der Waals surface area contributed by atoms with E-state index in [1.165, 1.54) is 25.4 Å². The number of fused-ring (bicyclic) bond motifs is 4. The van der Waals surface area contributed by atoms with Crippen LogP contribution in [0.25, 0.3) is 10.2 Å². The molecule has 7 rings (SSSR count). The van der Waals surface area contributed by atoms with Crippen molar-refractivity contribution in [2.24, 2.45) is 5.92 Å². The van der Waals surface area contributed by atoms with Crippen LogP contribution in [0.15, 0.2) is 35.5 Å². The normalized spacial score (nSPS) is 23.2. The summed E-state index contributed by atoms with van der Waals surface area (Å²) in [5, 5.41) is 5.69.